The number of hydrogen-bond acceptors (Lipinski definition) is 4. The van der Waals surface area contributed by atoms with E-state index in [2.05, 4.69) is 10.4 Å². The Balaban J connectivity index is 2.48. The van der Waals surface area contributed by atoms with Crippen molar-refractivity contribution in [2.24, 2.45) is 5.84 Å². The topological polar surface area (TPSA) is 77.0 Å². The van der Waals surface area contributed by atoms with Crippen molar-refractivity contribution in [3.05, 3.63) is 59.3 Å². The number of aromatic nitrogens is 1. The Hall–Kier alpha value is -2.05. The van der Waals surface area contributed by atoms with Crippen molar-refractivity contribution in [3.8, 4) is 0 Å². The van der Waals surface area contributed by atoms with Crippen molar-refractivity contribution in [1.29, 1.82) is 0 Å². The Bertz CT molecular complexity index is 539. The largest absolute Gasteiger partial charge is 0.383 e. The number of hydrazine groups is 1. The van der Waals surface area contributed by atoms with Crippen LogP contribution in [0.1, 0.15) is 17.2 Å². The van der Waals surface area contributed by atoms with Gasteiger partial charge in [-0.15, -0.1) is 0 Å². The Morgan fingerprint density at radius 3 is 2.39 bits per heavy atom. The fraction of sp³-hybridized carbons (Fsp3) is 0.0833. The molecule has 0 bridgehead atoms. The molecule has 0 radical (unpaired) electrons. The van der Waals surface area contributed by atoms with Crippen molar-refractivity contribution >= 4 is 5.82 Å². The lowest BCUT2D eigenvalue weighted by atomic mass is 9.99. The van der Waals surface area contributed by atoms with E-state index in [1.54, 1.807) is 12.1 Å². The summed E-state index contributed by atoms with van der Waals surface area (Å²) in [6.45, 7) is 0. The number of nitrogens with two attached hydrogens (primary N) is 2. The second kappa shape index (κ2) is 5.07. The van der Waals surface area contributed by atoms with Gasteiger partial charge in [-0.1, -0.05) is 6.07 Å². The van der Waals surface area contributed by atoms with Gasteiger partial charge in [0.25, 0.3) is 0 Å². The van der Waals surface area contributed by atoms with Gasteiger partial charge in [0.2, 0.25) is 0 Å². The summed E-state index contributed by atoms with van der Waals surface area (Å²) in [5, 5.41) is 0. The molecule has 0 aliphatic heterocycles. The summed E-state index contributed by atoms with van der Waals surface area (Å²) in [5.41, 5.74) is 9.10. The minimum Gasteiger partial charge on any atom is -0.383 e. The maximum absolute atomic E-state index is 13.2. The molecular formula is C12H12F2N4. The Morgan fingerprint density at radius 1 is 1.17 bits per heavy atom. The molecule has 0 aliphatic carbocycles. The van der Waals surface area contributed by atoms with Gasteiger partial charge in [-0.3, -0.25) is 5.84 Å². The summed E-state index contributed by atoms with van der Waals surface area (Å²) >= 11 is 0. The lowest BCUT2D eigenvalue weighted by Crippen LogP contribution is -2.29. The standard InChI is InChI=1S/C12H12F2N4/c13-8-4-7(5-9(14)6-8)11(18-16)10-2-1-3-17-12(10)15/h1-6,11,18H,16H2,(H2,15,17). The second-order valence-corrected chi connectivity index (χ2v) is 3.78. The fourth-order valence-corrected chi connectivity index (χ4v) is 1.78. The summed E-state index contributed by atoms with van der Waals surface area (Å²) < 4.78 is 26.4. The number of anilines is 1. The molecule has 2 rings (SSSR count). The molecule has 0 saturated heterocycles. The number of rotatable bonds is 3. The van der Waals surface area contributed by atoms with Crippen LogP contribution < -0.4 is 17.0 Å². The van der Waals surface area contributed by atoms with Gasteiger partial charge < -0.3 is 5.73 Å². The summed E-state index contributed by atoms with van der Waals surface area (Å²) in [4.78, 5) is 3.91. The second-order valence-electron chi connectivity index (χ2n) is 3.78. The van der Waals surface area contributed by atoms with E-state index in [0.717, 1.165) is 6.07 Å². The van der Waals surface area contributed by atoms with Gasteiger partial charge in [-0.05, 0) is 23.8 Å². The smallest absolute Gasteiger partial charge is 0.128 e. The number of nitrogens with zero attached hydrogens (tertiary/aromatic N) is 1. The molecule has 1 aromatic heterocycles. The van der Waals surface area contributed by atoms with Crippen LogP contribution in [0.4, 0.5) is 14.6 Å². The quantitative estimate of drug-likeness (QED) is 0.570. The minimum absolute atomic E-state index is 0.255. The summed E-state index contributed by atoms with van der Waals surface area (Å²) in [5.74, 6) is 4.34. The molecule has 18 heavy (non-hydrogen) atoms. The van der Waals surface area contributed by atoms with E-state index < -0.39 is 17.7 Å². The maximum Gasteiger partial charge on any atom is 0.128 e. The van der Waals surface area contributed by atoms with Gasteiger partial charge in [-0.25, -0.2) is 19.2 Å². The molecule has 0 amide bonds. The molecular weight excluding hydrogens is 238 g/mol. The summed E-state index contributed by atoms with van der Waals surface area (Å²) in [6, 6.07) is 5.93. The van der Waals surface area contributed by atoms with Crippen LogP contribution in [0, 0.1) is 11.6 Å². The average molecular weight is 250 g/mol. The van der Waals surface area contributed by atoms with Gasteiger partial charge >= 0.3 is 0 Å². The van der Waals surface area contributed by atoms with Crippen molar-refractivity contribution in [1.82, 2.24) is 10.4 Å². The molecule has 0 spiro atoms. The third-order valence-corrected chi connectivity index (χ3v) is 2.57. The number of pyridine rings is 1. The predicted octanol–water partition coefficient (Wildman–Crippen LogP) is 1.49. The molecule has 1 heterocycles. The minimum atomic E-state index is -0.673. The molecule has 5 N–H and O–H groups in total. The summed E-state index contributed by atoms with van der Waals surface area (Å²) in [7, 11) is 0. The highest BCUT2D eigenvalue weighted by atomic mass is 19.1. The highest BCUT2D eigenvalue weighted by molar-refractivity contribution is 5.45. The normalized spacial score (nSPS) is 12.4. The van der Waals surface area contributed by atoms with Crippen LogP contribution >= 0.6 is 0 Å². The predicted molar refractivity (Wildman–Crippen MR) is 64.2 cm³/mol. The first-order valence-corrected chi connectivity index (χ1v) is 5.24. The molecule has 1 atom stereocenters. The van der Waals surface area contributed by atoms with E-state index in [9.17, 15) is 8.78 Å². The van der Waals surface area contributed by atoms with Crippen LogP contribution in [-0.4, -0.2) is 4.98 Å². The third-order valence-electron chi connectivity index (χ3n) is 2.57. The summed E-state index contributed by atoms with van der Waals surface area (Å²) in [6.07, 6.45) is 1.53. The van der Waals surface area contributed by atoms with Crippen LogP contribution in [0.25, 0.3) is 0 Å². The zero-order valence-corrected chi connectivity index (χ0v) is 9.40. The zero-order chi connectivity index (χ0) is 13.1. The monoisotopic (exact) mass is 250 g/mol. The first-order chi connectivity index (χ1) is 8.61. The number of nitrogen functional groups attached to an aromatic ring is 1. The number of halogens is 2. The van der Waals surface area contributed by atoms with Crippen LogP contribution in [-0.2, 0) is 0 Å². The van der Waals surface area contributed by atoms with Gasteiger partial charge in [0.1, 0.15) is 17.5 Å². The highest BCUT2D eigenvalue weighted by Crippen LogP contribution is 2.25. The van der Waals surface area contributed by atoms with Gasteiger partial charge in [0.15, 0.2) is 0 Å². The SMILES string of the molecule is NNC(c1cc(F)cc(F)c1)c1cccnc1N. The highest BCUT2D eigenvalue weighted by Gasteiger charge is 2.17. The van der Waals surface area contributed by atoms with Crippen molar-refractivity contribution in [2.75, 3.05) is 5.73 Å². The molecule has 94 valence electrons. The molecule has 1 aromatic carbocycles. The first kappa shape index (κ1) is 12.4. The number of hydrogen-bond donors (Lipinski definition) is 3. The zero-order valence-electron chi connectivity index (χ0n) is 9.40. The molecule has 4 nitrogen and oxygen atoms in total. The van der Waals surface area contributed by atoms with Gasteiger partial charge in [0, 0.05) is 17.8 Å². The van der Waals surface area contributed by atoms with E-state index >= 15 is 0 Å². The van der Waals surface area contributed by atoms with Crippen LogP contribution in [0.3, 0.4) is 0 Å². The molecule has 2 aromatic rings. The van der Waals surface area contributed by atoms with E-state index in [0.29, 0.717) is 11.1 Å². The molecule has 6 heteroatoms. The van der Waals surface area contributed by atoms with E-state index in [1.807, 2.05) is 0 Å². The lowest BCUT2D eigenvalue weighted by Gasteiger charge is -2.18. The van der Waals surface area contributed by atoms with Crippen LogP contribution in [0.5, 0.6) is 0 Å². The van der Waals surface area contributed by atoms with Crippen LogP contribution in [0.2, 0.25) is 0 Å². The number of nitrogens with one attached hydrogen (secondary N) is 1. The maximum atomic E-state index is 13.2. The Morgan fingerprint density at radius 2 is 1.83 bits per heavy atom. The fourth-order valence-electron chi connectivity index (χ4n) is 1.78. The van der Waals surface area contributed by atoms with Gasteiger partial charge in [0.05, 0.1) is 6.04 Å². The first-order valence-electron chi connectivity index (χ1n) is 5.24. The van der Waals surface area contributed by atoms with Crippen molar-refractivity contribution in [2.45, 2.75) is 6.04 Å². The number of benzene rings is 1. The van der Waals surface area contributed by atoms with Crippen molar-refractivity contribution < 1.29 is 8.78 Å². The average Bonchev–Trinajstić information content (AvgIpc) is 2.31. The molecule has 1 unspecified atom stereocenters. The Labute approximate surface area is 103 Å². The van der Waals surface area contributed by atoms with E-state index in [4.69, 9.17) is 11.6 Å². The molecule has 0 saturated carbocycles. The van der Waals surface area contributed by atoms with E-state index in [1.165, 1.54) is 18.3 Å². The Kier molecular flexibility index (Phi) is 3.50. The van der Waals surface area contributed by atoms with Crippen LogP contribution in [0.15, 0.2) is 36.5 Å². The molecule has 0 fully saturated rings. The van der Waals surface area contributed by atoms with Gasteiger partial charge in [-0.2, -0.15) is 0 Å². The van der Waals surface area contributed by atoms with E-state index in [-0.39, 0.29) is 5.82 Å². The van der Waals surface area contributed by atoms with Crippen molar-refractivity contribution in [3.63, 3.8) is 0 Å². The lowest BCUT2D eigenvalue weighted by molar-refractivity contribution is 0.566. The third kappa shape index (κ3) is 2.44. The molecule has 0 aliphatic rings.